The Morgan fingerprint density at radius 2 is 1.92 bits per heavy atom. The topological polar surface area (TPSA) is 80.0 Å². The van der Waals surface area contributed by atoms with Crippen molar-refractivity contribution in [1.82, 2.24) is 24.7 Å². The smallest absolute Gasteiger partial charge is 0.391 e. The maximum absolute atomic E-state index is 12.9. The maximum Gasteiger partial charge on any atom is 0.433 e. The van der Waals surface area contributed by atoms with Crippen molar-refractivity contribution in [2.45, 2.75) is 31.2 Å². The first-order valence-electron chi connectivity index (χ1n) is 8.09. The minimum atomic E-state index is -4.49. The largest absolute Gasteiger partial charge is 0.433 e. The first kappa shape index (κ1) is 16.2. The van der Waals surface area contributed by atoms with E-state index in [-0.39, 0.29) is 23.8 Å². The molecule has 2 aromatic heterocycles. The number of alkyl halides is 3. The molecule has 0 radical (unpaired) electrons. The van der Waals surface area contributed by atoms with E-state index in [1.807, 2.05) is 0 Å². The van der Waals surface area contributed by atoms with Crippen molar-refractivity contribution in [2.24, 2.45) is 11.8 Å². The number of rotatable bonds is 2. The molecule has 2 aliphatic rings. The van der Waals surface area contributed by atoms with Crippen LogP contribution in [-0.4, -0.2) is 49.0 Å². The molecule has 0 unspecified atom stereocenters. The Morgan fingerprint density at radius 1 is 1.16 bits per heavy atom. The molecular formula is C15H17F3N6O. The third kappa shape index (κ3) is 3.06. The van der Waals surface area contributed by atoms with E-state index >= 15 is 0 Å². The molecule has 4 atom stereocenters. The van der Waals surface area contributed by atoms with Crippen molar-refractivity contribution in [2.75, 3.05) is 18.0 Å². The molecule has 2 aromatic rings. The number of hydrogen-bond donors (Lipinski definition) is 1. The summed E-state index contributed by atoms with van der Waals surface area (Å²) in [7, 11) is 0. The molecule has 134 valence electrons. The SMILES string of the molecule is O[C@@H]1C[C@H]2CN(c3nccc(C(F)(F)F)n3)C[C@H]2C[C@H]1n1cncn1. The Balaban J connectivity index is 1.52. The number of halogens is 3. The summed E-state index contributed by atoms with van der Waals surface area (Å²) in [4.78, 5) is 13.4. The summed E-state index contributed by atoms with van der Waals surface area (Å²) in [5, 5.41) is 14.5. The van der Waals surface area contributed by atoms with E-state index in [1.165, 1.54) is 6.33 Å². The summed E-state index contributed by atoms with van der Waals surface area (Å²) in [6.07, 6.45) is 0.381. The van der Waals surface area contributed by atoms with Crippen molar-refractivity contribution < 1.29 is 18.3 Å². The van der Waals surface area contributed by atoms with Crippen LogP contribution < -0.4 is 4.90 Å². The molecule has 1 saturated heterocycles. The highest BCUT2D eigenvalue weighted by molar-refractivity contribution is 5.33. The number of aliphatic hydroxyl groups is 1. The van der Waals surface area contributed by atoms with Gasteiger partial charge in [0.2, 0.25) is 5.95 Å². The Hall–Kier alpha value is -2.23. The molecule has 25 heavy (non-hydrogen) atoms. The first-order chi connectivity index (χ1) is 11.9. The fourth-order valence-electron chi connectivity index (χ4n) is 3.90. The molecule has 3 heterocycles. The average molecular weight is 354 g/mol. The third-order valence-corrected chi connectivity index (χ3v) is 5.10. The van der Waals surface area contributed by atoms with E-state index in [9.17, 15) is 18.3 Å². The molecule has 7 nitrogen and oxygen atoms in total. The van der Waals surface area contributed by atoms with Gasteiger partial charge in [0, 0.05) is 19.3 Å². The lowest BCUT2D eigenvalue weighted by Gasteiger charge is -2.34. The Morgan fingerprint density at radius 3 is 2.60 bits per heavy atom. The zero-order valence-corrected chi connectivity index (χ0v) is 13.2. The van der Waals surface area contributed by atoms with E-state index in [2.05, 4.69) is 20.1 Å². The van der Waals surface area contributed by atoms with Crippen LogP contribution in [-0.2, 0) is 6.18 Å². The second kappa shape index (κ2) is 5.94. The number of aliphatic hydroxyl groups excluding tert-OH is 1. The second-order valence-corrected chi connectivity index (χ2v) is 6.65. The van der Waals surface area contributed by atoms with Crippen LogP contribution in [0.4, 0.5) is 19.1 Å². The molecule has 0 bridgehead atoms. The Kier molecular flexibility index (Phi) is 3.86. The number of hydrogen-bond acceptors (Lipinski definition) is 6. The van der Waals surface area contributed by atoms with Gasteiger partial charge in [-0.05, 0) is 30.7 Å². The number of nitrogens with zero attached hydrogens (tertiary/aromatic N) is 6. The summed E-state index contributed by atoms with van der Waals surface area (Å²) < 4.78 is 40.2. The van der Waals surface area contributed by atoms with Gasteiger partial charge in [-0.15, -0.1) is 0 Å². The lowest BCUT2D eigenvalue weighted by molar-refractivity contribution is -0.141. The quantitative estimate of drug-likeness (QED) is 0.881. The van der Waals surface area contributed by atoms with Gasteiger partial charge in [0.15, 0.2) is 0 Å². The van der Waals surface area contributed by atoms with E-state index in [0.29, 0.717) is 25.9 Å². The van der Waals surface area contributed by atoms with Crippen LogP contribution in [0.5, 0.6) is 0 Å². The van der Waals surface area contributed by atoms with Crippen molar-refractivity contribution in [3.05, 3.63) is 30.6 Å². The van der Waals surface area contributed by atoms with Gasteiger partial charge in [0.25, 0.3) is 0 Å². The van der Waals surface area contributed by atoms with E-state index in [0.717, 1.165) is 12.3 Å². The van der Waals surface area contributed by atoms with Gasteiger partial charge in [-0.2, -0.15) is 18.3 Å². The molecule has 1 N–H and O–H groups in total. The van der Waals surface area contributed by atoms with Crippen LogP contribution in [0.3, 0.4) is 0 Å². The summed E-state index contributed by atoms with van der Waals surface area (Å²) in [5.41, 5.74) is -0.937. The molecular weight excluding hydrogens is 337 g/mol. The van der Waals surface area contributed by atoms with E-state index in [4.69, 9.17) is 0 Å². The highest BCUT2D eigenvalue weighted by Crippen LogP contribution is 2.42. The third-order valence-electron chi connectivity index (χ3n) is 5.10. The van der Waals surface area contributed by atoms with Gasteiger partial charge >= 0.3 is 6.18 Å². The molecule has 1 aliphatic heterocycles. The van der Waals surface area contributed by atoms with Crippen LogP contribution >= 0.6 is 0 Å². The molecule has 4 rings (SSSR count). The maximum atomic E-state index is 12.9. The van der Waals surface area contributed by atoms with Crippen molar-refractivity contribution in [1.29, 1.82) is 0 Å². The highest BCUT2D eigenvalue weighted by Gasteiger charge is 2.43. The van der Waals surface area contributed by atoms with E-state index in [1.54, 1.807) is 15.9 Å². The van der Waals surface area contributed by atoms with Crippen LogP contribution in [0.25, 0.3) is 0 Å². The van der Waals surface area contributed by atoms with Crippen LogP contribution in [0, 0.1) is 11.8 Å². The van der Waals surface area contributed by atoms with E-state index < -0.39 is 18.0 Å². The number of fused-ring (bicyclic) bond motifs is 1. The Bertz CT molecular complexity index is 737. The number of anilines is 1. The summed E-state index contributed by atoms with van der Waals surface area (Å²) in [6.45, 7) is 1.12. The van der Waals surface area contributed by atoms with Crippen LogP contribution in [0.2, 0.25) is 0 Å². The zero-order chi connectivity index (χ0) is 17.6. The lowest BCUT2D eigenvalue weighted by Crippen LogP contribution is -2.36. The van der Waals surface area contributed by atoms with Crippen molar-refractivity contribution in [3.8, 4) is 0 Å². The molecule has 1 saturated carbocycles. The fourth-order valence-corrected chi connectivity index (χ4v) is 3.90. The van der Waals surface area contributed by atoms with Gasteiger partial charge in [0.1, 0.15) is 18.3 Å². The molecule has 1 aliphatic carbocycles. The number of aromatic nitrogens is 5. The lowest BCUT2D eigenvalue weighted by atomic mass is 9.77. The molecule has 0 aromatic carbocycles. The van der Waals surface area contributed by atoms with Gasteiger partial charge in [0.05, 0.1) is 12.1 Å². The summed E-state index contributed by atoms with van der Waals surface area (Å²) in [5.74, 6) is 0.541. The second-order valence-electron chi connectivity index (χ2n) is 6.65. The Labute approximate surface area is 141 Å². The predicted octanol–water partition coefficient (Wildman–Crippen LogP) is 1.54. The average Bonchev–Trinajstić information content (AvgIpc) is 3.22. The normalized spacial score (nSPS) is 29.7. The molecule has 10 heteroatoms. The standard InChI is InChI=1S/C15H17F3N6O/c16-15(17,18)13-1-2-20-14(22-13)23-5-9-3-11(24-8-19-7-21-24)12(25)4-10(9)6-23/h1-2,7-12,25H,3-6H2/t9-,10+,11-,12-/m1/s1. The summed E-state index contributed by atoms with van der Waals surface area (Å²) >= 11 is 0. The fraction of sp³-hybridized carbons (Fsp3) is 0.600. The molecule has 2 fully saturated rings. The minimum absolute atomic E-state index is 0.0935. The first-order valence-corrected chi connectivity index (χ1v) is 8.09. The predicted molar refractivity (Wildman–Crippen MR) is 80.5 cm³/mol. The van der Waals surface area contributed by atoms with Gasteiger partial charge in [-0.1, -0.05) is 0 Å². The monoisotopic (exact) mass is 354 g/mol. The molecule has 0 spiro atoms. The summed E-state index contributed by atoms with van der Waals surface area (Å²) in [6, 6.07) is 0.711. The highest BCUT2D eigenvalue weighted by atomic mass is 19.4. The minimum Gasteiger partial charge on any atom is -0.391 e. The van der Waals surface area contributed by atoms with Crippen molar-refractivity contribution in [3.63, 3.8) is 0 Å². The van der Waals surface area contributed by atoms with Crippen LogP contribution in [0.1, 0.15) is 24.6 Å². The van der Waals surface area contributed by atoms with Gasteiger partial charge < -0.3 is 10.0 Å². The van der Waals surface area contributed by atoms with Gasteiger partial charge in [-0.3, -0.25) is 0 Å². The van der Waals surface area contributed by atoms with Gasteiger partial charge in [-0.25, -0.2) is 19.6 Å². The van der Waals surface area contributed by atoms with Crippen molar-refractivity contribution >= 4 is 5.95 Å². The zero-order valence-electron chi connectivity index (χ0n) is 13.2. The van der Waals surface area contributed by atoms with Crippen LogP contribution in [0.15, 0.2) is 24.9 Å². The molecule has 0 amide bonds.